The monoisotopic (exact) mass is 114 g/mol. The second-order valence-electron chi connectivity index (χ2n) is 1.35. The van der Waals surface area contributed by atoms with Crippen molar-refractivity contribution in [1.29, 1.82) is 0 Å². The Morgan fingerprint density at radius 1 is 1.88 bits per heavy atom. The quantitative estimate of drug-likeness (QED) is 0.442. The highest BCUT2D eigenvalue weighted by Gasteiger charge is 1.73. The van der Waals surface area contributed by atoms with Gasteiger partial charge < -0.3 is 9.84 Å². The molecule has 2 heteroatoms. The van der Waals surface area contributed by atoms with E-state index >= 15 is 0 Å². The Morgan fingerprint density at radius 3 is 2.88 bits per heavy atom. The first kappa shape index (κ1) is 7.24. The number of rotatable bonds is 3. The molecule has 0 aliphatic rings. The van der Waals surface area contributed by atoms with Crippen LogP contribution in [0, 0.1) is 0 Å². The lowest BCUT2D eigenvalue weighted by Crippen LogP contribution is -1.80. The number of hydrogen-bond donors (Lipinski definition) is 1. The summed E-state index contributed by atoms with van der Waals surface area (Å²) in [5.41, 5.74) is 0. The average molecular weight is 114 g/mol. The van der Waals surface area contributed by atoms with Crippen LogP contribution >= 0.6 is 0 Å². The summed E-state index contributed by atoms with van der Waals surface area (Å²) in [6, 6.07) is 0. The van der Waals surface area contributed by atoms with E-state index in [0.717, 1.165) is 0 Å². The second kappa shape index (κ2) is 4.40. The normalized spacial score (nSPS) is 10.1. The lowest BCUT2D eigenvalue weighted by atomic mass is 10.5. The summed E-state index contributed by atoms with van der Waals surface area (Å²) in [7, 11) is 1.59. The van der Waals surface area contributed by atoms with E-state index in [2.05, 4.69) is 11.3 Å². The molecule has 8 heavy (non-hydrogen) atoms. The fourth-order valence-corrected chi connectivity index (χ4v) is 0.280. The molecule has 0 aliphatic carbocycles. The van der Waals surface area contributed by atoms with Crippen LogP contribution < -0.4 is 0 Å². The number of allylic oxidation sites excluding steroid dienone is 1. The molecule has 0 bridgehead atoms. The van der Waals surface area contributed by atoms with Crippen molar-refractivity contribution in [2.75, 3.05) is 13.7 Å². The Balaban J connectivity index is 3.20. The molecule has 0 aromatic carbocycles. The van der Waals surface area contributed by atoms with Gasteiger partial charge in [0.2, 0.25) is 0 Å². The zero-order valence-corrected chi connectivity index (χ0v) is 4.92. The number of aliphatic hydroxyl groups excluding tert-OH is 1. The Kier molecular flexibility index (Phi) is 3.98. The number of hydrogen-bond acceptors (Lipinski definition) is 2. The summed E-state index contributed by atoms with van der Waals surface area (Å²) in [5, 5.41) is 8.44. The number of methoxy groups -OCH3 is 1. The molecular formula is C6H10O2. The van der Waals surface area contributed by atoms with E-state index in [9.17, 15) is 0 Å². The highest BCUT2D eigenvalue weighted by molar-refractivity contribution is 5.04. The van der Waals surface area contributed by atoms with Gasteiger partial charge in [0.1, 0.15) is 5.76 Å². The van der Waals surface area contributed by atoms with Gasteiger partial charge in [-0.1, -0.05) is 12.7 Å². The van der Waals surface area contributed by atoms with Gasteiger partial charge in [-0.2, -0.15) is 0 Å². The summed E-state index contributed by atoms with van der Waals surface area (Å²) in [4.78, 5) is 0. The predicted molar refractivity (Wildman–Crippen MR) is 32.8 cm³/mol. The van der Waals surface area contributed by atoms with Gasteiger partial charge in [0.25, 0.3) is 0 Å². The van der Waals surface area contributed by atoms with E-state index in [1.54, 1.807) is 13.2 Å². The Hall–Kier alpha value is -0.760. The smallest absolute Gasteiger partial charge is 0.108 e. The van der Waals surface area contributed by atoms with Gasteiger partial charge >= 0.3 is 0 Å². The minimum Gasteiger partial charge on any atom is -0.509 e. The van der Waals surface area contributed by atoms with Crippen molar-refractivity contribution in [1.82, 2.24) is 0 Å². The lowest BCUT2D eigenvalue weighted by molar-refractivity contribution is 0.233. The van der Waals surface area contributed by atoms with Gasteiger partial charge in [-0.3, -0.25) is 0 Å². The van der Waals surface area contributed by atoms with E-state index in [1.807, 2.05) is 0 Å². The van der Waals surface area contributed by atoms with Crippen LogP contribution in [0.25, 0.3) is 0 Å². The second-order valence-corrected chi connectivity index (χ2v) is 1.35. The number of aliphatic hydroxyl groups is 1. The molecule has 0 spiro atoms. The molecule has 0 amide bonds. The van der Waals surface area contributed by atoms with Crippen LogP contribution in [0.3, 0.4) is 0 Å². The molecule has 0 fully saturated rings. The molecule has 0 saturated carbocycles. The van der Waals surface area contributed by atoms with E-state index in [1.165, 1.54) is 6.08 Å². The summed E-state index contributed by atoms with van der Waals surface area (Å²) in [5.74, 6) is 0.0575. The Labute approximate surface area is 49.1 Å². The Bertz CT molecular complexity index is 94.7. The molecule has 0 heterocycles. The molecule has 0 unspecified atom stereocenters. The molecule has 0 aromatic heterocycles. The Morgan fingerprint density at radius 2 is 2.50 bits per heavy atom. The first-order valence-electron chi connectivity index (χ1n) is 2.30. The van der Waals surface area contributed by atoms with Crippen molar-refractivity contribution >= 4 is 0 Å². The molecular weight excluding hydrogens is 104 g/mol. The van der Waals surface area contributed by atoms with Gasteiger partial charge in [-0.15, -0.1) is 0 Å². The van der Waals surface area contributed by atoms with Gasteiger partial charge in [0, 0.05) is 7.11 Å². The van der Waals surface area contributed by atoms with Crippen molar-refractivity contribution in [2.24, 2.45) is 0 Å². The highest BCUT2D eigenvalue weighted by atomic mass is 16.5. The molecule has 1 N–H and O–H groups in total. The minimum absolute atomic E-state index is 0.0575. The number of ether oxygens (including phenoxy) is 1. The van der Waals surface area contributed by atoms with Crippen LogP contribution in [0.2, 0.25) is 0 Å². The fourth-order valence-electron chi connectivity index (χ4n) is 0.280. The zero-order valence-electron chi connectivity index (χ0n) is 4.92. The first-order valence-corrected chi connectivity index (χ1v) is 2.30. The maximum atomic E-state index is 8.44. The summed E-state index contributed by atoms with van der Waals surface area (Å²) >= 11 is 0. The third-order valence-electron chi connectivity index (χ3n) is 0.573. The van der Waals surface area contributed by atoms with Crippen LogP contribution in [-0.4, -0.2) is 18.8 Å². The van der Waals surface area contributed by atoms with Gasteiger partial charge in [-0.05, 0) is 6.08 Å². The predicted octanol–water partition coefficient (Wildman–Crippen LogP) is 1.26. The maximum Gasteiger partial charge on any atom is 0.108 e. The highest BCUT2D eigenvalue weighted by Crippen LogP contribution is 1.83. The molecule has 0 aliphatic heterocycles. The standard InChI is InChI=1S/C6H10O2/c1-6(7)4-3-5-8-2/h3-4,7H,1,5H2,2H3. The molecule has 0 rings (SSSR count). The minimum atomic E-state index is 0.0575. The van der Waals surface area contributed by atoms with Crippen LogP contribution in [0.4, 0.5) is 0 Å². The van der Waals surface area contributed by atoms with Crippen molar-refractivity contribution in [3.63, 3.8) is 0 Å². The van der Waals surface area contributed by atoms with Gasteiger partial charge in [0.05, 0.1) is 6.61 Å². The summed E-state index contributed by atoms with van der Waals surface area (Å²) < 4.78 is 4.65. The fraction of sp³-hybridized carbons (Fsp3) is 0.333. The van der Waals surface area contributed by atoms with Crippen molar-refractivity contribution in [3.05, 3.63) is 24.5 Å². The van der Waals surface area contributed by atoms with Crippen molar-refractivity contribution < 1.29 is 9.84 Å². The zero-order chi connectivity index (χ0) is 6.41. The van der Waals surface area contributed by atoms with Crippen LogP contribution in [0.1, 0.15) is 0 Å². The largest absolute Gasteiger partial charge is 0.509 e. The van der Waals surface area contributed by atoms with E-state index in [-0.39, 0.29) is 5.76 Å². The summed E-state index contributed by atoms with van der Waals surface area (Å²) in [6.45, 7) is 3.75. The summed E-state index contributed by atoms with van der Waals surface area (Å²) in [6.07, 6.45) is 3.17. The van der Waals surface area contributed by atoms with Crippen LogP contribution in [-0.2, 0) is 4.74 Å². The molecule has 46 valence electrons. The molecule has 0 saturated heterocycles. The molecule has 0 aromatic rings. The lowest BCUT2D eigenvalue weighted by Gasteiger charge is -1.86. The SMILES string of the molecule is C=C(O)C=CCOC. The molecule has 2 nitrogen and oxygen atoms in total. The topological polar surface area (TPSA) is 29.5 Å². The average Bonchev–Trinajstić information content (AvgIpc) is 1.66. The van der Waals surface area contributed by atoms with Gasteiger partial charge in [0.15, 0.2) is 0 Å². The van der Waals surface area contributed by atoms with E-state index in [0.29, 0.717) is 6.61 Å². The van der Waals surface area contributed by atoms with E-state index < -0.39 is 0 Å². The molecule has 0 atom stereocenters. The van der Waals surface area contributed by atoms with Crippen LogP contribution in [0.15, 0.2) is 24.5 Å². The molecule has 0 radical (unpaired) electrons. The third kappa shape index (κ3) is 5.24. The van der Waals surface area contributed by atoms with Crippen LogP contribution in [0.5, 0.6) is 0 Å². The third-order valence-corrected chi connectivity index (χ3v) is 0.573. The van der Waals surface area contributed by atoms with Gasteiger partial charge in [-0.25, -0.2) is 0 Å². The maximum absolute atomic E-state index is 8.44. The first-order chi connectivity index (χ1) is 3.77. The van der Waals surface area contributed by atoms with E-state index in [4.69, 9.17) is 5.11 Å². The van der Waals surface area contributed by atoms with Crippen molar-refractivity contribution in [3.8, 4) is 0 Å². The van der Waals surface area contributed by atoms with Crippen molar-refractivity contribution in [2.45, 2.75) is 0 Å².